The summed E-state index contributed by atoms with van der Waals surface area (Å²) in [5.41, 5.74) is 3.31. The van der Waals surface area contributed by atoms with Gasteiger partial charge < -0.3 is 30.4 Å². The molecule has 1 heterocycles. The molecule has 0 aliphatic carbocycles. The fourth-order valence-corrected chi connectivity index (χ4v) is 4.39. The molecule has 0 spiro atoms. The van der Waals surface area contributed by atoms with Gasteiger partial charge in [-0.15, -0.1) is 0 Å². The number of carbonyl (C=O) groups excluding carboxylic acids is 4. The van der Waals surface area contributed by atoms with Gasteiger partial charge in [0.25, 0.3) is 5.91 Å². The number of amides is 3. The van der Waals surface area contributed by atoms with Crippen LogP contribution in [-0.4, -0.2) is 48.6 Å². The lowest BCUT2D eigenvalue weighted by Gasteiger charge is -2.19. The van der Waals surface area contributed by atoms with Crippen molar-refractivity contribution in [3.63, 3.8) is 0 Å². The smallest absolute Gasteiger partial charge is 0.407 e. The summed E-state index contributed by atoms with van der Waals surface area (Å²) in [6.45, 7) is 0.392. The van der Waals surface area contributed by atoms with Crippen LogP contribution in [0.3, 0.4) is 0 Å². The van der Waals surface area contributed by atoms with Crippen LogP contribution in [0.5, 0.6) is 0 Å². The van der Waals surface area contributed by atoms with Crippen molar-refractivity contribution in [1.29, 1.82) is 0 Å². The third-order valence-electron chi connectivity index (χ3n) is 6.65. The summed E-state index contributed by atoms with van der Waals surface area (Å²) in [6.07, 6.45) is 0.623. The highest BCUT2D eigenvalue weighted by molar-refractivity contribution is 6.02. The van der Waals surface area contributed by atoms with Gasteiger partial charge in [0.15, 0.2) is 0 Å². The Bertz CT molecular complexity index is 1480. The number of benzene rings is 3. The number of hydrogen-bond donors (Lipinski definition) is 4. The number of carbonyl (C=O) groups is 4. The summed E-state index contributed by atoms with van der Waals surface area (Å²) >= 11 is 0. The average molecular weight is 571 g/mol. The molecule has 0 unspecified atom stereocenters. The molecule has 0 fully saturated rings. The number of aromatic nitrogens is 1. The molecule has 0 bridgehead atoms. The number of anilines is 1. The van der Waals surface area contributed by atoms with E-state index in [0.717, 1.165) is 22.0 Å². The largest absolute Gasteiger partial charge is 0.469 e. The fourth-order valence-electron chi connectivity index (χ4n) is 4.39. The van der Waals surface area contributed by atoms with Gasteiger partial charge in [-0.1, -0.05) is 66.7 Å². The maximum Gasteiger partial charge on any atom is 0.407 e. The standard InChI is InChI=1S/C32H34N4O6/c1-41-29(37)18-17-23-12-5-7-14-25(23)35-30(38)27(36-31(39)28-20-24-13-6-8-15-26(24)34-28)16-9-19-33-32(40)42-21-22-10-3-2-4-11-22/h2-8,10-15,20,27,34H,9,16-19,21H2,1H3,(H,33,40)(H,35,38)(H,36,39)/t27-/m0/s1. The van der Waals surface area contributed by atoms with Gasteiger partial charge in [0, 0.05) is 29.6 Å². The molecule has 0 aliphatic rings. The number of methoxy groups -OCH3 is 1. The Labute approximate surface area is 243 Å². The molecule has 0 saturated heterocycles. The van der Waals surface area contributed by atoms with Crippen molar-refractivity contribution in [2.24, 2.45) is 0 Å². The number of nitrogens with one attached hydrogen (secondary N) is 4. The van der Waals surface area contributed by atoms with Crippen molar-refractivity contribution >= 4 is 40.5 Å². The van der Waals surface area contributed by atoms with Gasteiger partial charge >= 0.3 is 12.1 Å². The Morgan fingerprint density at radius 1 is 0.905 bits per heavy atom. The van der Waals surface area contributed by atoms with E-state index >= 15 is 0 Å². The molecule has 0 saturated carbocycles. The maximum absolute atomic E-state index is 13.4. The van der Waals surface area contributed by atoms with Crippen LogP contribution in [0.25, 0.3) is 10.9 Å². The minimum atomic E-state index is -0.903. The number of hydrogen-bond acceptors (Lipinski definition) is 6. The first-order valence-electron chi connectivity index (χ1n) is 13.7. The molecule has 4 rings (SSSR count). The van der Waals surface area contributed by atoms with Gasteiger partial charge in [-0.3, -0.25) is 14.4 Å². The molecular formula is C32H34N4O6. The number of H-pyrrole nitrogens is 1. The lowest BCUT2D eigenvalue weighted by molar-refractivity contribution is -0.140. The molecule has 1 aromatic heterocycles. The van der Waals surface area contributed by atoms with E-state index in [4.69, 9.17) is 9.47 Å². The van der Waals surface area contributed by atoms with E-state index in [1.807, 2.05) is 66.7 Å². The van der Waals surface area contributed by atoms with Gasteiger partial charge in [0.1, 0.15) is 18.3 Å². The Morgan fingerprint density at radius 2 is 1.64 bits per heavy atom. The zero-order valence-corrected chi connectivity index (χ0v) is 23.4. The van der Waals surface area contributed by atoms with Crippen LogP contribution in [0, 0.1) is 0 Å². The molecule has 3 aromatic carbocycles. The van der Waals surface area contributed by atoms with Crippen LogP contribution in [-0.2, 0) is 32.1 Å². The van der Waals surface area contributed by atoms with Crippen molar-refractivity contribution in [2.75, 3.05) is 19.0 Å². The monoisotopic (exact) mass is 570 g/mol. The highest BCUT2D eigenvalue weighted by Gasteiger charge is 2.23. The van der Waals surface area contributed by atoms with E-state index in [2.05, 4.69) is 20.9 Å². The van der Waals surface area contributed by atoms with Crippen molar-refractivity contribution in [1.82, 2.24) is 15.6 Å². The van der Waals surface area contributed by atoms with Crippen LogP contribution >= 0.6 is 0 Å². The normalized spacial score (nSPS) is 11.4. The van der Waals surface area contributed by atoms with Crippen LogP contribution in [0.15, 0.2) is 84.9 Å². The molecule has 1 atom stereocenters. The Morgan fingerprint density at radius 3 is 2.43 bits per heavy atom. The maximum atomic E-state index is 13.4. The molecule has 4 aromatic rings. The third-order valence-corrected chi connectivity index (χ3v) is 6.65. The van der Waals surface area contributed by atoms with Crippen molar-refractivity contribution in [2.45, 2.75) is 38.3 Å². The molecule has 4 N–H and O–H groups in total. The topological polar surface area (TPSA) is 139 Å². The van der Waals surface area contributed by atoms with Gasteiger partial charge in [-0.2, -0.15) is 0 Å². The molecule has 10 nitrogen and oxygen atoms in total. The van der Waals surface area contributed by atoms with E-state index < -0.39 is 23.9 Å². The van der Waals surface area contributed by atoms with E-state index in [0.29, 0.717) is 24.2 Å². The zero-order chi connectivity index (χ0) is 29.7. The van der Waals surface area contributed by atoms with E-state index in [-0.39, 0.29) is 32.0 Å². The zero-order valence-electron chi connectivity index (χ0n) is 23.4. The second kappa shape index (κ2) is 15.0. The predicted molar refractivity (Wildman–Crippen MR) is 159 cm³/mol. The molecule has 10 heteroatoms. The van der Waals surface area contributed by atoms with E-state index in [9.17, 15) is 19.2 Å². The number of rotatable bonds is 13. The third kappa shape index (κ3) is 8.69. The minimum absolute atomic E-state index is 0.146. The summed E-state index contributed by atoms with van der Waals surface area (Å²) in [6, 6.07) is 24.8. The van der Waals surface area contributed by atoms with Crippen LogP contribution < -0.4 is 16.0 Å². The molecule has 3 amide bonds. The lowest BCUT2D eigenvalue weighted by Crippen LogP contribution is -2.44. The second-order valence-electron chi connectivity index (χ2n) is 9.65. The molecule has 0 radical (unpaired) electrons. The summed E-state index contributed by atoms with van der Waals surface area (Å²) in [5.74, 6) is -1.20. The van der Waals surface area contributed by atoms with E-state index in [1.165, 1.54) is 7.11 Å². The summed E-state index contributed by atoms with van der Waals surface area (Å²) in [4.78, 5) is 53.5. The predicted octanol–water partition coefficient (Wildman–Crippen LogP) is 4.72. The van der Waals surface area contributed by atoms with Crippen molar-refractivity contribution in [3.05, 3.63) is 102 Å². The van der Waals surface area contributed by atoms with Crippen LogP contribution in [0.2, 0.25) is 0 Å². The second-order valence-corrected chi connectivity index (χ2v) is 9.65. The first-order chi connectivity index (χ1) is 20.4. The highest BCUT2D eigenvalue weighted by atomic mass is 16.5. The molecule has 0 aliphatic heterocycles. The Kier molecular flexibility index (Phi) is 10.7. The summed E-state index contributed by atoms with van der Waals surface area (Å²) < 4.78 is 9.97. The Balaban J connectivity index is 1.39. The number of aromatic amines is 1. The van der Waals surface area contributed by atoms with Crippen molar-refractivity contribution in [3.8, 4) is 0 Å². The summed E-state index contributed by atoms with van der Waals surface area (Å²) in [5, 5.41) is 9.29. The number of ether oxygens (including phenoxy) is 2. The Hall–Kier alpha value is -5.12. The molecule has 42 heavy (non-hydrogen) atoms. The SMILES string of the molecule is COC(=O)CCc1ccccc1NC(=O)[C@H](CCCNC(=O)OCc1ccccc1)NC(=O)c1cc2ccccc2[nH]1. The van der Waals surface area contributed by atoms with Gasteiger partial charge in [0.05, 0.1) is 7.11 Å². The molecule has 218 valence electrons. The highest BCUT2D eigenvalue weighted by Crippen LogP contribution is 2.19. The number of fused-ring (bicyclic) bond motifs is 1. The van der Waals surface area contributed by atoms with Crippen LogP contribution in [0.1, 0.15) is 40.9 Å². The van der Waals surface area contributed by atoms with Gasteiger partial charge in [-0.25, -0.2) is 4.79 Å². The van der Waals surface area contributed by atoms with E-state index in [1.54, 1.807) is 18.2 Å². The first kappa shape index (κ1) is 29.9. The fraction of sp³-hybridized carbons (Fsp3) is 0.250. The molecular weight excluding hydrogens is 536 g/mol. The first-order valence-corrected chi connectivity index (χ1v) is 13.7. The van der Waals surface area contributed by atoms with Crippen molar-refractivity contribution < 1.29 is 28.7 Å². The summed E-state index contributed by atoms with van der Waals surface area (Å²) in [7, 11) is 1.33. The quantitative estimate of drug-likeness (QED) is 0.136. The van der Waals surface area contributed by atoms with Crippen LogP contribution in [0.4, 0.5) is 10.5 Å². The van der Waals surface area contributed by atoms with Gasteiger partial charge in [-0.05, 0) is 48.6 Å². The number of esters is 1. The number of aryl methyl sites for hydroxylation is 1. The number of para-hydroxylation sites is 2. The lowest BCUT2D eigenvalue weighted by atomic mass is 10.1. The average Bonchev–Trinajstić information content (AvgIpc) is 3.46. The van der Waals surface area contributed by atoms with Gasteiger partial charge in [0.2, 0.25) is 5.91 Å². The minimum Gasteiger partial charge on any atom is -0.469 e. The number of alkyl carbamates (subject to hydrolysis) is 1.